The number of nitrogens with two attached hydrogens (primary N) is 1. The molecule has 0 aliphatic heterocycles. The molecule has 0 radical (unpaired) electrons. The SMILES string of the molecule is CC(C)c1nn(C)c(NC(c2cccs2)C(C)C)c1N. The lowest BCUT2D eigenvalue weighted by Crippen LogP contribution is -2.18. The fraction of sp³-hybridized carbons (Fsp3) is 0.533. The van der Waals surface area contributed by atoms with Crippen molar-refractivity contribution in [2.45, 2.75) is 39.7 Å². The number of hydrogen-bond donors (Lipinski definition) is 2. The molecule has 0 saturated carbocycles. The predicted octanol–water partition coefficient (Wildman–Crippen LogP) is 4.00. The van der Waals surface area contributed by atoms with Gasteiger partial charge < -0.3 is 11.1 Å². The van der Waals surface area contributed by atoms with Gasteiger partial charge in [0.1, 0.15) is 5.82 Å². The number of nitrogen functional groups attached to an aromatic ring is 1. The molecule has 0 aliphatic rings. The first kappa shape index (κ1) is 14.9. The molecule has 110 valence electrons. The average molecular weight is 292 g/mol. The minimum atomic E-state index is 0.257. The van der Waals surface area contributed by atoms with Crippen LogP contribution in [0.2, 0.25) is 0 Å². The van der Waals surface area contributed by atoms with Gasteiger partial charge in [0.2, 0.25) is 0 Å². The third kappa shape index (κ3) is 2.82. The van der Waals surface area contributed by atoms with Crippen LogP contribution in [-0.4, -0.2) is 9.78 Å². The number of anilines is 2. The van der Waals surface area contributed by atoms with E-state index in [0.29, 0.717) is 11.8 Å². The molecular formula is C15H24N4S. The highest BCUT2D eigenvalue weighted by Gasteiger charge is 2.22. The molecule has 2 heterocycles. The maximum Gasteiger partial charge on any atom is 0.148 e. The molecule has 0 spiro atoms. The Hall–Kier alpha value is -1.49. The van der Waals surface area contributed by atoms with E-state index in [1.54, 1.807) is 11.3 Å². The first-order valence-electron chi connectivity index (χ1n) is 7.04. The highest BCUT2D eigenvalue weighted by atomic mass is 32.1. The van der Waals surface area contributed by atoms with Crippen molar-refractivity contribution in [1.82, 2.24) is 9.78 Å². The van der Waals surface area contributed by atoms with Crippen molar-refractivity contribution in [2.75, 3.05) is 11.1 Å². The number of aryl methyl sites for hydroxylation is 1. The molecule has 5 heteroatoms. The summed E-state index contributed by atoms with van der Waals surface area (Å²) in [6, 6.07) is 4.51. The standard InChI is InChI=1S/C15H24N4S/c1-9(2)13(11-7-6-8-20-11)17-15-12(16)14(10(3)4)18-19(15)5/h6-10,13,17H,16H2,1-5H3. The van der Waals surface area contributed by atoms with E-state index in [2.05, 4.69) is 55.6 Å². The largest absolute Gasteiger partial charge is 0.394 e. The highest BCUT2D eigenvalue weighted by Crippen LogP contribution is 2.34. The average Bonchev–Trinajstić information content (AvgIpc) is 2.96. The molecule has 0 aromatic carbocycles. The van der Waals surface area contributed by atoms with Crippen LogP contribution in [-0.2, 0) is 7.05 Å². The van der Waals surface area contributed by atoms with Crippen LogP contribution in [0.4, 0.5) is 11.5 Å². The summed E-state index contributed by atoms with van der Waals surface area (Å²) in [6.07, 6.45) is 0. The molecule has 2 aromatic rings. The summed E-state index contributed by atoms with van der Waals surface area (Å²) in [6.45, 7) is 8.66. The molecule has 0 saturated heterocycles. The molecule has 3 N–H and O–H groups in total. The summed E-state index contributed by atoms with van der Waals surface area (Å²) in [5, 5.41) is 10.2. The summed E-state index contributed by atoms with van der Waals surface area (Å²) < 4.78 is 1.85. The molecule has 1 atom stereocenters. The molecule has 2 aromatic heterocycles. The van der Waals surface area contributed by atoms with Crippen LogP contribution in [0.1, 0.15) is 50.2 Å². The number of nitrogens with zero attached hydrogens (tertiary/aromatic N) is 2. The monoisotopic (exact) mass is 292 g/mol. The second-order valence-corrected chi connectivity index (χ2v) is 6.79. The topological polar surface area (TPSA) is 55.9 Å². The Bertz CT molecular complexity index is 555. The number of aromatic nitrogens is 2. The van der Waals surface area contributed by atoms with Crippen LogP contribution >= 0.6 is 11.3 Å². The molecule has 2 rings (SSSR count). The smallest absolute Gasteiger partial charge is 0.148 e. The minimum Gasteiger partial charge on any atom is -0.394 e. The van der Waals surface area contributed by atoms with Gasteiger partial charge in [-0.1, -0.05) is 33.8 Å². The van der Waals surface area contributed by atoms with Gasteiger partial charge in [0.05, 0.1) is 17.4 Å². The zero-order valence-corrected chi connectivity index (χ0v) is 13.7. The van der Waals surface area contributed by atoms with E-state index in [0.717, 1.165) is 17.2 Å². The Morgan fingerprint density at radius 2 is 2.00 bits per heavy atom. The molecule has 1 unspecified atom stereocenters. The third-order valence-electron chi connectivity index (χ3n) is 3.47. The van der Waals surface area contributed by atoms with Crippen molar-refractivity contribution in [3.8, 4) is 0 Å². The molecule has 0 amide bonds. The quantitative estimate of drug-likeness (QED) is 0.876. The molecule has 4 nitrogen and oxygen atoms in total. The van der Waals surface area contributed by atoms with Gasteiger partial charge in [0, 0.05) is 11.9 Å². The summed E-state index contributed by atoms with van der Waals surface area (Å²) >= 11 is 1.77. The summed E-state index contributed by atoms with van der Waals surface area (Å²) in [4.78, 5) is 1.33. The van der Waals surface area contributed by atoms with Gasteiger partial charge in [-0.3, -0.25) is 4.68 Å². The van der Waals surface area contributed by atoms with Gasteiger partial charge in [-0.15, -0.1) is 11.3 Å². The number of rotatable bonds is 5. The minimum absolute atomic E-state index is 0.257. The van der Waals surface area contributed by atoms with Crippen molar-refractivity contribution in [3.05, 3.63) is 28.1 Å². The third-order valence-corrected chi connectivity index (χ3v) is 4.42. The Kier molecular flexibility index (Phi) is 4.38. The highest BCUT2D eigenvalue weighted by molar-refractivity contribution is 7.10. The van der Waals surface area contributed by atoms with Crippen LogP contribution in [0, 0.1) is 5.92 Å². The summed E-state index contributed by atoms with van der Waals surface area (Å²) in [5.74, 6) is 1.72. The number of nitrogens with one attached hydrogen (secondary N) is 1. The predicted molar refractivity (Wildman–Crippen MR) is 87.2 cm³/mol. The Morgan fingerprint density at radius 1 is 1.30 bits per heavy atom. The van der Waals surface area contributed by atoms with Crippen LogP contribution in [0.3, 0.4) is 0 Å². The van der Waals surface area contributed by atoms with E-state index in [-0.39, 0.29) is 6.04 Å². The van der Waals surface area contributed by atoms with Crippen LogP contribution in [0.5, 0.6) is 0 Å². The number of hydrogen-bond acceptors (Lipinski definition) is 4. The van der Waals surface area contributed by atoms with Crippen molar-refractivity contribution >= 4 is 22.8 Å². The normalized spacial score (nSPS) is 13.2. The van der Waals surface area contributed by atoms with Crippen molar-refractivity contribution in [1.29, 1.82) is 0 Å². The lowest BCUT2D eigenvalue weighted by atomic mass is 10.0. The van der Waals surface area contributed by atoms with E-state index in [4.69, 9.17) is 5.73 Å². The van der Waals surface area contributed by atoms with Crippen LogP contribution in [0.25, 0.3) is 0 Å². The summed E-state index contributed by atoms with van der Waals surface area (Å²) in [7, 11) is 1.94. The second kappa shape index (κ2) is 5.87. The Balaban J connectivity index is 2.32. The van der Waals surface area contributed by atoms with Gasteiger partial charge in [-0.05, 0) is 23.3 Å². The van der Waals surface area contributed by atoms with E-state index >= 15 is 0 Å². The van der Waals surface area contributed by atoms with E-state index < -0.39 is 0 Å². The van der Waals surface area contributed by atoms with Crippen molar-refractivity contribution in [3.63, 3.8) is 0 Å². The first-order valence-corrected chi connectivity index (χ1v) is 7.92. The summed E-state index contributed by atoms with van der Waals surface area (Å²) in [5.41, 5.74) is 7.99. The fourth-order valence-electron chi connectivity index (χ4n) is 2.34. The van der Waals surface area contributed by atoms with E-state index in [9.17, 15) is 0 Å². The van der Waals surface area contributed by atoms with Gasteiger partial charge in [-0.2, -0.15) is 5.10 Å². The fourth-order valence-corrected chi connectivity index (χ4v) is 3.29. The molecule has 0 bridgehead atoms. The number of thiophene rings is 1. The second-order valence-electron chi connectivity index (χ2n) is 5.81. The van der Waals surface area contributed by atoms with Gasteiger partial charge >= 0.3 is 0 Å². The first-order chi connectivity index (χ1) is 9.41. The maximum atomic E-state index is 6.26. The Labute approximate surface area is 125 Å². The van der Waals surface area contributed by atoms with Crippen molar-refractivity contribution < 1.29 is 0 Å². The molecule has 0 aliphatic carbocycles. The van der Waals surface area contributed by atoms with Gasteiger partial charge in [0.15, 0.2) is 0 Å². The maximum absolute atomic E-state index is 6.26. The van der Waals surface area contributed by atoms with E-state index in [1.165, 1.54) is 4.88 Å². The molecular weight excluding hydrogens is 268 g/mol. The molecule has 0 fully saturated rings. The lowest BCUT2D eigenvalue weighted by Gasteiger charge is -2.22. The van der Waals surface area contributed by atoms with Gasteiger partial charge in [0.25, 0.3) is 0 Å². The zero-order chi connectivity index (χ0) is 14.9. The van der Waals surface area contributed by atoms with Crippen molar-refractivity contribution in [2.24, 2.45) is 13.0 Å². The van der Waals surface area contributed by atoms with Crippen LogP contribution < -0.4 is 11.1 Å². The van der Waals surface area contributed by atoms with Crippen LogP contribution in [0.15, 0.2) is 17.5 Å². The van der Waals surface area contributed by atoms with Gasteiger partial charge in [-0.25, -0.2) is 0 Å². The molecule has 20 heavy (non-hydrogen) atoms. The van der Waals surface area contributed by atoms with E-state index in [1.807, 2.05) is 11.7 Å². The zero-order valence-electron chi connectivity index (χ0n) is 12.8. The Morgan fingerprint density at radius 3 is 2.45 bits per heavy atom. The lowest BCUT2D eigenvalue weighted by molar-refractivity contribution is 0.547.